The maximum atomic E-state index is 13.1. The zero-order valence-electron chi connectivity index (χ0n) is 16.0. The van der Waals surface area contributed by atoms with Crippen LogP contribution in [0.2, 0.25) is 0 Å². The summed E-state index contributed by atoms with van der Waals surface area (Å²) in [5.74, 6) is 1.62. The first kappa shape index (κ1) is 19.9. The van der Waals surface area contributed by atoms with Crippen LogP contribution in [0.3, 0.4) is 0 Å². The molecule has 0 fully saturated rings. The first-order chi connectivity index (χ1) is 13.7. The molecule has 144 valence electrons. The summed E-state index contributed by atoms with van der Waals surface area (Å²) in [6.07, 6.45) is 3.05. The SMILES string of the molecule is C=CCn1c(CC)nnc1SCCC(=O)N(c1ccccc1)c1ccccc1. The molecule has 2 aromatic carbocycles. The highest BCUT2D eigenvalue weighted by Gasteiger charge is 2.18. The molecule has 3 rings (SSSR count). The maximum Gasteiger partial charge on any atom is 0.232 e. The van der Waals surface area contributed by atoms with Crippen LogP contribution in [-0.4, -0.2) is 26.4 Å². The minimum Gasteiger partial charge on any atom is -0.302 e. The van der Waals surface area contributed by atoms with Crippen LogP contribution in [-0.2, 0) is 17.8 Å². The molecule has 0 aliphatic heterocycles. The molecule has 6 heteroatoms. The lowest BCUT2D eigenvalue weighted by molar-refractivity contribution is -0.117. The van der Waals surface area contributed by atoms with E-state index in [1.165, 1.54) is 0 Å². The smallest absolute Gasteiger partial charge is 0.232 e. The molecular weight excluding hydrogens is 368 g/mol. The van der Waals surface area contributed by atoms with Crippen molar-refractivity contribution in [1.82, 2.24) is 14.8 Å². The van der Waals surface area contributed by atoms with Gasteiger partial charge in [0.05, 0.1) is 0 Å². The first-order valence-electron chi connectivity index (χ1n) is 9.33. The molecule has 0 bridgehead atoms. The Balaban J connectivity index is 1.72. The molecule has 0 unspecified atom stereocenters. The first-order valence-corrected chi connectivity index (χ1v) is 10.3. The second kappa shape index (κ2) is 9.90. The fraction of sp³-hybridized carbons (Fsp3) is 0.227. The van der Waals surface area contributed by atoms with Crippen LogP contribution in [0.25, 0.3) is 0 Å². The third kappa shape index (κ3) is 4.70. The summed E-state index contributed by atoms with van der Waals surface area (Å²) in [5.41, 5.74) is 1.73. The fourth-order valence-corrected chi connectivity index (χ4v) is 3.83. The number of hydrogen-bond acceptors (Lipinski definition) is 4. The molecule has 0 saturated heterocycles. The predicted molar refractivity (Wildman–Crippen MR) is 115 cm³/mol. The molecular formula is C22H24N4OS. The average molecular weight is 393 g/mol. The number of amides is 1. The van der Waals surface area contributed by atoms with Crippen molar-refractivity contribution >= 4 is 29.0 Å². The highest BCUT2D eigenvalue weighted by atomic mass is 32.2. The van der Waals surface area contributed by atoms with Gasteiger partial charge in [0, 0.05) is 36.5 Å². The van der Waals surface area contributed by atoms with Crippen molar-refractivity contribution in [3.8, 4) is 0 Å². The number of para-hydroxylation sites is 2. The van der Waals surface area contributed by atoms with Crippen LogP contribution >= 0.6 is 11.8 Å². The topological polar surface area (TPSA) is 51.0 Å². The molecule has 0 saturated carbocycles. The minimum atomic E-state index is 0.0513. The second-order valence-electron chi connectivity index (χ2n) is 6.15. The van der Waals surface area contributed by atoms with Gasteiger partial charge in [-0.1, -0.05) is 61.2 Å². The Morgan fingerprint density at radius 3 is 2.21 bits per heavy atom. The summed E-state index contributed by atoms with van der Waals surface area (Å²) in [6.45, 7) is 6.53. The Bertz CT molecular complexity index is 869. The van der Waals surface area contributed by atoms with Crippen molar-refractivity contribution in [2.45, 2.75) is 31.5 Å². The van der Waals surface area contributed by atoms with Crippen molar-refractivity contribution < 1.29 is 4.79 Å². The zero-order valence-corrected chi connectivity index (χ0v) is 16.8. The van der Waals surface area contributed by atoms with Gasteiger partial charge in [-0.3, -0.25) is 9.69 Å². The number of thioether (sulfide) groups is 1. The number of rotatable bonds is 9. The molecule has 0 aliphatic rings. The summed E-state index contributed by atoms with van der Waals surface area (Å²) in [5, 5.41) is 9.33. The number of aromatic nitrogens is 3. The van der Waals surface area contributed by atoms with E-state index in [0.29, 0.717) is 18.7 Å². The van der Waals surface area contributed by atoms with E-state index < -0.39 is 0 Å². The van der Waals surface area contributed by atoms with Crippen LogP contribution in [0.5, 0.6) is 0 Å². The fourth-order valence-electron chi connectivity index (χ4n) is 2.93. The Morgan fingerprint density at radius 2 is 1.68 bits per heavy atom. The van der Waals surface area contributed by atoms with Crippen molar-refractivity contribution in [2.24, 2.45) is 0 Å². The van der Waals surface area contributed by atoms with E-state index in [4.69, 9.17) is 0 Å². The quantitative estimate of drug-likeness (QED) is 0.385. The van der Waals surface area contributed by atoms with E-state index in [0.717, 1.165) is 28.8 Å². The van der Waals surface area contributed by atoms with Gasteiger partial charge in [0.2, 0.25) is 5.91 Å². The molecule has 0 spiro atoms. The standard InChI is InChI=1S/C22H24N4OS/c1-3-16-25-20(4-2)23-24-22(25)28-17-15-21(27)26(18-11-7-5-8-12-18)19-13-9-6-10-14-19/h3,5-14H,1,4,15-17H2,2H3. The van der Waals surface area contributed by atoms with E-state index in [1.54, 1.807) is 16.7 Å². The van der Waals surface area contributed by atoms with Crippen LogP contribution in [0, 0.1) is 0 Å². The average Bonchev–Trinajstić information content (AvgIpc) is 3.12. The minimum absolute atomic E-state index is 0.0513. The lowest BCUT2D eigenvalue weighted by Crippen LogP contribution is -2.26. The van der Waals surface area contributed by atoms with E-state index in [1.807, 2.05) is 71.3 Å². The monoisotopic (exact) mass is 392 g/mol. The van der Waals surface area contributed by atoms with Gasteiger partial charge in [-0.2, -0.15) is 0 Å². The van der Waals surface area contributed by atoms with Crippen molar-refractivity contribution in [3.63, 3.8) is 0 Å². The van der Waals surface area contributed by atoms with Crippen LogP contribution in [0.15, 0.2) is 78.5 Å². The normalized spacial score (nSPS) is 10.6. The van der Waals surface area contributed by atoms with Crippen molar-refractivity contribution in [3.05, 3.63) is 79.1 Å². The molecule has 3 aromatic rings. The largest absolute Gasteiger partial charge is 0.302 e. The van der Waals surface area contributed by atoms with Crippen LogP contribution < -0.4 is 4.90 Å². The molecule has 1 heterocycles. The second-order valence-corrected chi connectivity index (χ2v) is 7.21. The Morgan fingerprint density at radius 1 is 1.07 bits per heavy atom. The third-order valence-electron chi connectivity index (χ3n) is 4.25. The number of aryl methyl sites for hydroxylation is 1. The summed E-state index contributed by atoms with van der Waals surface area (Å²) < 4.78 is 2.05. The molecule has 1 aromatic heterocycles. The van der Waals surface area contributed by atoms with Gasteiger partial charge < -0.3 is 4.57 Å². The van der Waals surface area contributed by atoms with Crippen molar-refractivity contribution in [2.75, 3.05) is 10.7 Å². The van der Waals surface area contributed by atoms with Gasteiger partial charge in [0.1, 0.15) is 5.82 Å². The summed E-state index contributed by atoms with van der Waals surface area (Å²) in [6, 6.07) is 19.5. The third-order valence-corrected chi connectivity index (χ3v) is 5.22. The molecule has 1 amide bonds. The molecule has 0 aliphatic carbocycles. The van der Waals surface area contributed by atoms with Gasteiger partial charge in [0.25, 0.3) is 0 Å². The van der Waals surface area contributed by atoms with Crippen molar-refractivity contribution in [1.29, 1.82) is 0 Å². The molecule has 0 atom stereocenters. The van der Waals surface area contributed by atoms with Gasteiger partial charge in [-0.15, -0.1) is 16.8 Å². The number of carbonyl (C=O) groups excluding carboxylic acids is 1. The highest BCUT2D eigenvalue weighted by Crippen LogP contribution is 2.27. The lowest BCUT2D eigenvalue weighted by atomic mass is 10.2. The highest BCUT2D eigenvalue weighted by molar-refractivity contribution is 7.99. The summed E-state index contributed by atoms with van der Waals surface area (Å²) in [4.78, 5) is 14.8. The molecule has 0 N–H and O–H groups in total. The maximum absolute atomic E-state index is 13.1. The van der Waals surface area contributed by atoms with E-state index in [2.05, 4.69) is 23.7 Å². The summed E-state index contributed by atoms with van der Waals surface area (Å²) >= 11 is 1.55. The molecule has 28 heavy (non-hydrogen) atoms. The van der Waals surface area contributed by atoms with Gasteiger partial charge in [-0.05, 0) is 24.3 Å². The van der Waals surface area contributed by atoms with E-state index in [9.17, 15) is 4.79 Å². The van der Waals surface area contributed by atoms with E-state index in [-0.39, 0.29) is 5.91 Å². The number of allylic oxidation sites excluding steroid dienone is 1. The number of nitrogens with zero attached hydrogens (tertiary/aromatic N) is 4. The Hall–Kier alpha value is -2.86. The molecule has 5 nitrogen and oxygen atoms in total. The number of carbonyl (C=O) groups is 1. The van der Waals surface area contributed by atoms with Crippen LogP contribution in [0.4, 0.5) is 11.4 Å². The number of hydrogen-bond donors (Lipinski definition) is 0. The Labute approximate surface area is 170 Å². The number of benzene rings is 2. The molecule has 0 radical (unpaired) electrons. The predicted octanol–water partition coefficient (Wildman–Crippen LogP) is 4.87. The zero-order chi connectivity index (χ0) is 19.8. The Kier molecular flexibility index (Phi) is 7.03. The van der Waals surface area contributed by atoms with Gasteiger partial charge in [0.15, 0.2) is 5.16 Å². The lowest BCUT2D eigenvalue weighted by Gasteiger charge is -2.23. The van der Waals surface area contributed by atoms with E-state index >= 15 is 0 Å². The van der Waals surface area contributed by atoms with Gasteiger partial charge >= 0.3 is 0 Å². The number of anilines is 2. The summed E-state index contributed by atoms with van der Waals surface area (Å²) in [7, 11) is 0. The van der Waals surface area contributed by atoms with Crippen LogP contribution in [0.1, 0.15) is 19.2 Å². The van der Waals surface area contributed by atoms with Gasteiger partial charge in [-0.25, -0.2) is 0 Å².